The van der Waals surface area contributed by atoms with E-state index < -0.39 is 15.9 Å². The van der Waals surface area contributed by atoms with Crippen LogP contribution in [0.3, 0.4) is 0 Å². The number of rotatable bonds is 8. The first kappa shape index (κ1) is 13.9. The summed E-state index contributed by atoms with van der Waals surface area (Å²) in [4.78, 5) is 0. The van der Waals surface area contributed by atoms with Crippen molar-refractivity contribution in [2.75, 3.05) is 24.6 Å². The molecule has 0 fully saturated rings. The Bertz CT molecular complexity index is 226. The Labute approximate surface area is 86.6 Å². The van der Waals surface area contributed by atoms with Gasteiger partial charge in [-0.15, -0.1) is 0 Å². The van der Waals surface area contributed by atoms with E-state index in [0.717, 1.165) is 13.0 Å². The molecule has 0 saturated heterocycles. The number of aliphatic hydroxyl groups excluding tert-OH is 1. The molecule has 14 heavy (non-hydrogen) atoms. The third-order valence-electron chi connectivity index (χ3n) is 1.77. The zero-order valence-corrected chi connectivity index (χ0v) is 9.81. The minimum absolute atomic E-state index is 0.127. The first-order valence-electron chi connectivity index (χ1n) is 5.11. The molecule has 2 N–H and O–H groups in total. The average Bonchev–Trinajstić information content (AvgIpc) is 2.03. The summed E-state index contributed by atoms with van der Waals surface area (Å²) >= 11 is 0. The van der Waals surface area contributed by atoms with Gasteiger partial charge in [-0.3, -0.25) is 0 Å². The van der Waals surface area contributed by atoms with Crippen LogP contribution in [0.4, 0.5) is 0 Å². The van der Waals surface area contributed by atoms with Gasteiger partial charge in [0.05, 0.1) is 17.6 Å². The predicted octanol–water partition coefficient (Wildman–Crippen LogP) is 0.172. The van der Waals surface area contributed by atoms with Crippen molar-refractivity contribution in [2.24, 2.45) is 0 Å². The molecule has 0 saturated carbocycles. The molecule has 0 aromatic rings. The van der Waals surface area contributed by atoms with Gasteiger partial charge in [-0.1, -0.05) is 13.8 Å². The van der Waals surface area contributed by atoms with Gasteiger partial charge in [0.2, 0.25) is 0 Å². The van der Waals surface area contributed by atoms with Crippen LogP contribution in [0.2, 0.25) is 0 Å². The summed E-state index contributed by atoms with van der Waals surface area (Å²) < 4.78 is 22.6. The van der Waals surface area contributed by atoms with Crippen LogP contribution < -0.4 is 5.32 Å². The molecule has 0 heterocycles. The maximum atomic E-state index is 11.3. The Morgan fingerprint density at radius 3 is 2.43 bits per heavy atom. The molecule has 0 bridgehead atoms. The number of aliphatic hydroxyl groups is 1. The molecule has 4 nitrogen and oxygen atoms in total. The lowest BCUT2D eigenvalue weighted by Crippen LogP contribution is -2.33. The van der Waals surface area contributed by atoms with Crippen molar-refractivity contribution < 1.29 is 13.5 Å². The monoisotopic (exact) mass is 223 g/mol. The Morgan fingerprint density at radius 2 is 1.93 bits per heavy atom. The summed E-state index contributed by atoms with van der Waals surface area (Å²) in [5.41, 5.74) is 0. The zero-order chi connectivity index (χ0) is 11.0. The van der Waals surface area contributed by atoms with Gasteiger partial charge in [-0.25, -0.2) is 8.42 Å². The number of hydrogen-bond donors (Lipinski definition) is 2. The van der Waals surface area contributed by atoms with E-state index >= 15 is 0 Å². The molecular weight excluding hydrogens is 202 g/mol. The molecule has 0 aliphatic carbocycles. The molecular formula is C9H21NO3S. The van der Waals surface area contributed by atoms with Crippen molar-refractivity contribution in [1.29, 1.82) is 0 Å². The molecule has 0 amide bonds. The zero-order valence-electron chi connectivity index (χ0n) is 8.99. The molecule has 1 atom stereocenters. The molecule has 0 aliphatic heterocycles. The lowest BCUT2D eigenvalue weighted by Gasteiger charge is -2.11. The van der Waals surface area contributed by atoms with Gasteiger partial charge in [0.1, 0.15) is 0 Å². The molecule has 0 radical (unpaired) electrons. The summed E-state index contributed by atoms with van der Waals surface area (Å²) in [5.74, 6) is 0.0371. The highest BCUT2D eigenvalue weighted by atomic mass is 32.2. The van der Waals surface area contributed by atoms with Gasteiger partial charge in [-0.05, 0) is 19.4 Å². The lowest BCUT2D eigenvalue weighted by molar-refractivity contribution is 0.194. The van der Waals surface area contributed by atoms with E-state index in [0.29, 0.717) is 13.0 Å². The smallest absolute Gasteiger partial charge is 0.152 e. The highest BCUT2D eigenvalue weighted by Gasteiger charge is 2.15. The minimum Gasteiger partial charge on any atom is -0.391 e. The van der Waals surface area contributed by atoms with E-state index in [1.807, 2.05) is 13.8 Å². The summed E-state index contributed by atoms with van der Waals surface area (Å²) in [6.45, 7) is 5.01. The highest BCUT2D eigenvalue weighted by Crippen LogP contribution is 1.96. The summed E-state index contributed by atoms with van der Waals surface area (Å²) in [6, 6.07) is 0. The second-order valence-corrected chi connectivity index (χ2v) is 5.70. The Kier molecular flexibility index (Phi) is 7.13. The first-order valence-corrected chi connectivity index (χ1v) is 6.93. The van der Waals surface area contributed by atoms with Crippen LogP contribution in [-0.2, 0) is 9.84 Å². The van der Waals surface area contributed by atoms with Gasteiger partial charge >= 0.3 is 0 Å². The van der Waals surface area contributed by atoms with E-state index in [1.54, 1.807) is 0 Å². The highest BCUT2D eigenvalue weighted by molar-refractivity contribution is 7.91. The van der Waals surface area contributed by atoms with Gasteiger partial charge in [0.25, 0.3) is 0 Å². The SMILES string of the molecule is CCCNCC(O)CS(=O)(=O)CCC. The average molecular weight is 223 g/mol. The van der Waals surface area contributed by atoms with Crippen LogP contribution >= 0.6 is 0 Å². The Hall–Kier alpha value is -0.130. The first-order chi connectivity index (χ1) is 6.52. The maximum Gasteiger partial charge on any atom is 0.152 e. The molecule has 0 aromatic heterocycles. The molecule has 5 heteroatoms. The van der Waals surface area contributed by atoms with Crippen LogP contribution in [0, 0.1) is 0 Å². The Morgan fingerprint density at radius 1 is 1.29 bits per heavy atom. The van der Waals surface area contributed by atoms with Crippen LogP contribution in [0.15, 0.2) is 0 Å². The van der Waals surface area contributed by atoms with Gasteiger partial charge < -0.3 is 10.4 Å². The largest absolute Gasteiger partial charge is 0.391 e. The normalized spacial score (nSPS) is 14.2. The number of hydrogen-bond acceptors (Lipinski definition) is 4. The van der Waals surface area contributed by atoms with Gasteiger partial charge in [0.15, 0.2) is 9.84 Å². The van der Waals surface area contributed by atoms with Crippen molar-refractivity contribution in [3.8, 4) is 0 Å². The molecule has 0 rings (SSSR count). The van der Waals surface area contributed by atoms with Crippen LogP contribution in [-0.4, -0.2) is 44.2 Å². The van der Waals surface area contributed by atoms with Crippen molar-refractivity contribution in [1.82, 2.24) is 5.32 Å². The van der Waals surface area contributed by atoms with Crippen LogP contribution in [0.25, 0.3) is 0 Å². The topological polar surface area (TPSA) is 66.4 Å². The lowest BCUT2D eigenvalue weighted by atomic mass is 10.4. The van der Waals surface area contributed by atoms with E-state index in [9.17, 15) is 13.5 Å². The number of nitrogens with one attached hydrogen (secondary N) is 1. The second-order valence-electron chi connectivity index (χ2n) is 3.47. The number of sulfone groups is 1. The van der Waals surface area contributed by atoms with E-state index in [-0.39, 0.29) is 11.5 Å². The fourth-order valence-corrected chi connectivity index (χ4v) is 2.68. The predicted molar refractivity (Wildman–Crippen MR) is 58.1 cm³/mol. The van der Waals surface area contributed by atoms with E-state index in [4.69, 9.17) is 0 Å². The standard InChI is InChI=1S/C9H21NO3S/c1-3-5-10-7-9(11)8-14(12,13)6-4-2/h9-11H,3-8H2,1-2H3. The van der Waals surface area contributed by atoms with Crippen molar-refractivity contribution in [3.05, 3.63) is 0 Å². The summed E-state index contributed by atoms with van der Waals surface area (Å²) in [7, 11) is -3.06. The van der Waals surface area contributed by atoms with Gasteiger partial charge in [-0.2, -0.15) is 0 Å². The van der Waals surface area contributed by atoms with Crippen molar-refractivity contribution in [2.45, 2.75) is 32.8 Å². The summed E-state index contributed by atoms with van der Waals surface area (Å²) in [5, 5.41) is 12.4. The fraction of sp³-hybridized carbons (Fsp3) is 1.00. The van der Waals surface area contributed by atoms with Crippen LogP contribution in [0.1, 0.15) is 26.7 Å². The van der Waals surface area contributed by atoms with Crippen LogP contribution in [0.5, 0.6) is 0 Å². The Balaban J connectivity index is 3.75. The second kappa shape index (κ2) is 7.20. The van der Waals surface area contributed by atoms with Crippen molar-refractivity contribution >= 4 is 9.84 Å². The molecule has 0 aromatic carbocycles. The molecule has 0 spiro atoms. The molecule has 0 aliphatic rings. The quantitative estimate of drug-likeness (QED) is 0.576. The summed E-state index contributed by atoms with van der Waals surface area (Å²) in [6.07, 6.45) is 0.810. The molecule has 86 valence electrons. The maximum absolute atomic E-state index is 11.3. The van der Waals surface area contributed by atoms with Gasteiger partial charge in [0, 0.05) is 6.54 Å². The van der Waals surface area contributed by atoms with E-state index in [2.05, 4.69) is 5.32 Å². The third kappa shape index (κ3) is 7.29. The third-order valence-corrected chi connectivity index (χ3v) is 3.69. The van der Waals surface area contributed by atoms with Crippen molar-refractivity contribution in [3.63, 3.8) is 0 Å². The minimum atomic E-state index is -3.06. The molecule has 1 unspecified atom stereocenters. The van der Waals surface area contributed by atoms with E-state index in [1.165, 1.54) is 0 Å². The fourth-order valence-electron chi connectivity index (χ4n) is 1.19.